The number of nitrogen functional groups attached to an aromatic ring is 1. The van der Waals surface area contributed by atoms with Crippen molar-refractivity contribution >= 4 is 23.5 Å². The van der Waals surface area contributed by atoms with Crippen LogP contribution in [0.4, 0.5) is 26.4 Å². The van der Waals surface area contributed by atoms with Crippen LogP contribution in [0.1, 0.15) is 26.2 Å². The van der Waals surface area contributed by atoms with Crippen LogP contribution in [0.3, 0.4) is 0 Å². The number of amides is 1. The van der Waals surface area contributed by atoms with Crippen LogP contribution < -0.4 is 20.3 Å². The standard InChI is InChI=1S/C22H25F2N7O2/c1-11(32)29-9-16-5-15(29)10-30(16)19-6-17(13-4-18(33-21(23)24)20(25)26-7-13)27-22(28-19)31-8-12-2-14(31)3-12/h4,6-7,12,14-16,21H,2-3,5,8-10H2,1H3,(H2,25,26). The zero-order valence-electron chi connectivity index (χ0n) is 18.2. The van der Waals surface area contributed by atoms with Crippen LogP contribution in [0.25, 0.3) is 11.3 Å². The van der Waals surface area contributed by atoms with Crippen molar-refractivity contribution in [2.75, 3.05) is 35.2 Å². The molecule has 2 aromatic heterocycles. The summed E-state index contributed by atoms with van der Waals surface area (Å²) in [6.45, 7) is 0.933. The topological polar surface area (TPSA) is 101 Å². The molecule has 1 amide bonds. The minimum absolute atomic E-state index is 0.0996. The van der Waals surface area contributed by atoms with E-state index in [4.69, 9.17) is 15.7 Å². The Morgan fingerprint density at radius 1 is 1.09 bits per heavy atom. The first-order chi connectivity index (χ1) is 15.9. The molecule has 4 bridgehead atoms. The number of hydrogen-bond acceptors (Lipinski definition) is 8. The molecule has 4 saturated heterocycles. The quantitative estimate of drug-likeness (QED) is 0.729. The predicted molar refractivity (Wildman–Crippen MR) is 117 cm³/mol. The van der Waals surface area contributed by atoms with Crippen LogP contribution in [-0.2, 0) is 4.79 Å². The first-order valence-electron chi connectivity index (χ1n) is 11.3. The van der Waals surface area contributed by atoms with Crippen LogP contribution in [-0.4, -0.2) is 70.1 Å². The molecule has 1 aliphatic carbocycles. The lowest BCUT2D eigenvalue weighted by Gasteiger charge is -2.35. The number of anilines is 3. The van der Waals surface area contributed by atoms with E-state index in [1.165, 1.54) is 12.3 Å². The number of alkyl halides is 2. The van der Waals surface area contributed by atoms with Crippen molar-refractivity contribution in [2.45, 2.75) is 50.9 Å². The van der Waals surface area contributed by atoms with E-state index in [9.17, 15) is 13.6 Å². The van der Waals surface area contributed by atoms with Gasteiger partial charge >= 0.3 is 6.61 Å². The predicted octanol–water partition coefficient (Wildman–Crippen LogP) is 2.13. The number of piperazine rings is 1. The Labute approximate surface area is 189 Å². The Morgan fingerprint density at radius 2 is 1.91 bits per heavy atom. The molecule has 5 fully saturated rings. The molecule has 11 heteroatoms. The Balaban J connectivity index is 1.38. The van der Waals surface area contributed by atoms with E-state index in [2.05, 4.69) is 19.5 Å². The SMILES string of the molecule is CC(=O)N1CC2CC1CN2c1cc(-c2cnc(N)c(OC(F)F)c2)nc(N2CC3CC2C3)n1. The van der Waals surface area contributed by atoms with Gasteiger partial charge in [0.05, 0.1) is 17.8 Å². The maximum absolute atomic E-state index is 12.8. The Bertz CT molecular complexity index is 1110. The van der Waals surface area contributed by atoms with Crippen molar-refractivity contribution in [1.29, 1.82) is 0 Å². The summed E-state index contributed by atoms with van der Waals surface area (Å²) in [6, 6.07) is 4.13. The van der Waals surface area contributed by atoms with Crippen molar-refractivity contribution in [1.82, 2.24) is 19.9 Å². The zero-order chi connectivity index (χ0) is 22.9. The molecule has 7 rings (SSSR count). The number of ether oxygens (including phenoxy) is 1. The van der Waals surface area contributed by atoms with Gasteiger partial charge in [-0.3, -0.25) is 4.79 Å². The third-order valence-corrected chi connectivity index (χ3v) is 7.40. The first kappa shape index (κ1) is 20.4. The summed E-state index contributed by atoms with van der Waals surface area (Å²) in [6.07, 6.45) is 4.74. The first-order valence-corrected chi connectivity index (χ1v) is 11.3. The highest BCUT2D eigenvalue weighted by Crippen LogP contribution is 2.43. The molecule has 33 heavy (non-hydrogen) atoms. The molecule has 9 nitrogen and oxygen atoms in total. The van der Waals surface area contributed by atoms with Crippen LogP contribution in [0.5, 0.6) is 5.75 Å². The molecule has 5 aliphatic rings. The molecule has 1 saturated carbocycles. The molecule has 0 aromatic carbocycles. The van der Waals surface area contributed by atoms with Crippen molar-refractivity contribution in [3.8, 4) is 17.0 Å². The Morgan fingerprint density at radius 3 is 2.55 bits per heavy atom. The number of halogens is 2. The third kappa shape index (κ3) is 3.41. The number of carbonyl (C=O) groups excluding carboxylic acids is 1. The number of rotatable bonds is 5. The van der Waals surface area contributed by atoms with E-state index in [1.54, 1.807) is 6.92 Å². The molecule has 2 atom stereocenters. The summed E-state index contributed by atoms with van der Waals surface area (Å²) in [4.78, 5) is 32.1. The molecule has 0 spiro atoms. The lowest BCUT2D eigenvalue weighted by atomic mass is 9.86. The number of nitrogens with zero attached hydrogens (tertiary/aromatic N) is 6. The molecule has 0 radical (unpaired) electrons. The Hall–Kier alpha value is -3.24. The monoisotopic (exact) mass is 457 g/mol. The fourth-order valence-electron chi connectivity index (χ4n) is 5.74. The second-order valence-corrected chi connectivity index (χ2v) is 9.41. The van der Waals surface area contributed by atoms with Crippen molar-refractivity contribution in [3.63, 3.8) is 0 Å². The smallest absolute Gasteiger partial charge is 0.387 e. The van der Waals surface area contributed by atoms with Crippen molar-refractivity contribution < 1.29 is 18.3 Å². The molecular formula is C22H25F2N7O2. The van der Waals surface area contributed by atoms with Gasteiger partial charge in [0.1, 0.15) is 5.82 Å². The van der Waals surface area contributed by atoms with Crippen molar-refractivity contribution in [2.24, 2.45) is 5.92 Å². The third-order valence-electron chi connectivity index (χ3n) is 7.40. The molecular weight excluding hydrogens is 432 g/mol. The second-order valence-electron chi connectivity index (χ2n) is 9.41. The number of pyridine rings is 1. The normalized spacial score (nSPS) is 27.5. The van der Waals surface area contributed by atoms with Crippen LogP contribution in [0.2, 0.25) is 0 Å². The number of likely N-dealkylation sites (tertiary alicyclic amines) is 1. The molecule has 2 aromatic rings. The van der Waals surface area contributed by atoms with Crippen LogP contribution in [0.15, 0.2) is 18.3 Å². The summed E-state index contributed by atoms with van der Waals surface area (Å²) < 4.78 is 30.2. The number of carbonyl (C=O) groups is 1. The summed E-state index contributed by atoms with van der Waals surface area (Å²) in [5.41, 5.74) is 6.84. The van der Waals surface area contributed by atoms with Crippen LogP contribution >= 0.6 is 0 Å². The molecule has 2 unspecified atom stereocenters. The minimum Gasteiger partial charge on any atom is -0.431 e. The van der Waals surface area contributed by atoms with Gasteiger partial charge in [-0.25, -0.2) is 9.97 Å². The summed E-state index contributed by atoms with van der Waals surface area (Å²) >= 11 is 0. The fraction of sp³-hybridized carbons (Fsp3) is 0.545. The summed E-state index contributed by atoms with van der Waals surface area (Å²) in [5.74, 6) is 1.93. The van der Waals surface area contributed by atoms with Gasteiger partial charge in [0, 0.05) is 50.4 Å². The molecule has 174 valence electrons. The van der Waals surface area contributed by atoms with Gasteiger partial charge < -0.3 is 25.2 Å². The largest absolute Gasteiger partial charge is 0.431 e. The van der Waals surface area contributed by atoms with E-state index in [0.717, 1.165) is 31.6 Å². The van der Waals surface area contributed by atoms with E-state index in [0.29, 0.717) is 42.3 Å². The number of fused-ring (bicyclic) bond motifs is 3. The van der Waals surface area contributed by atoms with E-state index in [-0.39, 0.29) is 29.6 Å². The second kappa shape index (κ2) is 7.39. The minimum atomic E-state index is -3.00. The van der Waals surface area contributed by atoms with Gasteiger partial charge in [0.15, 0.2) is 11.6 Å². The van der Waals surface area contributed by atoms with E-state index in [1.807, 2.05) is 11.0 Å². The lowest BCUT2D eigenvalue weighted by Crippen LogP contribution is -2.48. The van der Waals surface area contributed by atoms with E-state index < -0.39 is 6.61 Å². The van der Waals surface area contributed by atoms with Gasteiger partial charge in [-0.2, -0.15) is 13.8 Å². The molecule has 2 N–H and O–H groups in total. The fourth-order valence-corrected chi connectivity index (χ4v) is 5.74. The number of hydrogen-bond donors (Lipinski definition) is 1. The summed E-state index contributed by atoms with van der Waals surface area (Å²) in [7, 11) is 0. The highest BCUT2D eigenvalue weighted by molar-refractivity contribution is 5.75. The Kier molecular flexibility index (Phi) is 4.56. The van der Waals surface area contributed by atoms with Gasteiger partial charge in [0.25, 0.3) is 0 Å². The average molecular weight is 457 g/mol. The van der Waals surface area contributed by atoms with Crippen LogP contribution in [0, 0.1) is 5.92 Å². The number of aromatic nitrogens is 3. The number of nitrogens with two attached hydrogens (primary N) is 1. The van der Waals surface area contributed by atoms with E-state index >= 15 is 0 Å². The van der Waals surface area contributed by atoms with Gasteiger partial charge in [0.2, 0.25) is 11.9 Å². The average Bonchev–Trinajstić information content (AvgIpc) is 3.53. The molecule has 6 heterocycles. The maximum atomic E-state index is 12.8. The summed E-state index contributed by atoms with van der Waals surface area (Å²) in [5, 5.41) is 0. The highest BCUT2D eigenvalue weighted by atomic mass is 19.3. The maximum Gasteiger partial charge on any atom is 0.387 e. The zero-order valence-corrected chi connectivity index (χ0v) is 18.2. The van der Waals surface area contributed by atoms with Crippen molar-refractivity contribution in [3.05, 3.63) is 18.3 Å². The van der Waals surface area contributed by atoms with Gasteiger partial charge in [-0.05, 0) is 31.2 Å². The highest BCUT2D eigenvalue weighted by Gasteiger charge is 2.46. The lowest BCUT2D eigenvalue weighted by molar-refractivity contribution is -0.129. The van der Waals surface area contributed by atoms with Gasteiger partial charge in [-0.1, -0.05) is 0 Å². The molecule has 4 aliphatic heterocycles. The van der Waals surface area contributed by atoms with Gasteiger partial charge in [-0.15, -0.1) is 0 Å².